The molecular weight excluding hydrogens is 320 g/mol. The van der Waals surface area contributed by atoms with Gasteiger partial charge in [0.2, 0.25) is 0 Å². The van der Waals surface area contributed by atoms with Gasteiger partial charge in [0.25, 0.3) is 0 Å². The van der Waals surface area contributed by atoms with E-state index in [1.807, 2.05) is 19.4 Å². The van der Waals surface area contributed by atoms with Gasteiger partial charge in [-0.1, -0.05) is 25.3 Å². The van der Waals surface area contributed by atoms with Crippen LogP contribution in [0.1, 0.15) is 57.6 Å². The highest BCUT2D eigenvalue weighted by atomic mass is 32.1. The molecule has 1 aliphatic heterocycles. The normalized spacial score (nSPS) is 27.0. The van der Waals surface area contributed by atoms with Crippen LogP contribution >= 0.6 is 11.3 Å². The van der Waals surface area contributed by atoms with Crippen molar-refractivity contribution in [2.24, 2.45) is 5.92 Å². The lowest BCUT2D eigenvalue weighted by Gasteiger charge is -2.43. The van der Waals surface area contributed by atoms with Gasteiger partial charge in [-0.25, -0.2) is 4.98 Å². The number of aliphatic hydroxyl groups is 1. The van der Waals surface area contributed by atoms with E-state index in [2.05, 4.69) is 22.4 Å². The summed E-state index contributed by atoms with van der Waals surface area (Å²) in [5.74, 6) is 1.56. The van der Waals surface area contributed by atoms with Crippen LogP contribution in [0.5, 0.6) is 5.75 Å². The van der Waals surface area contributed by atoms with Crippen LogP contribution in [0.4, 0.5) is 0 Å². The molecular formula is C19H26N2O2S. The molecule has 24 heavy (non-hydrogen) atoms. The molecule has 2 atom stereocenters. The van der Waals surface area contributed by atoms with Crippen molar-refractivity contribution >= 4 is 21.6 Å². The topological polar surface area (TPSA) is 54.4 Å². The lowest BCUT2D eigenvalue weighted by atomic mass is 9.85. The Labute approximate surface area is 147 Å². The molecule has 4 nitrogen and oxygen atoms in total. The molecule has 0 radical (unpaired) electrons. The molecule has 2 unspecified atom stereocenters. The van der Waals surface area contributed by atoms with Crippen molar-refractivity contribution < 1.29 is 9.84 Å². The van der Waals surface area contributed by atoms with E-state index in [1.165, 1.54) is 32.1 Å². The molecule has 1 fully saturated rings. The molecule has 2 aliphatic rings. The Balaban J connectivity index is 1.64. The quantitative estimate of drug-likeness (QED) is 0.881. The summed E-state index contributed by atoms with van der Waals surface area (Å²) in [6.07, 6.45) is 6.06. The summed E-state index contributed by atoms with van der Waals surface area (Å²) in [7, 11) is 0. The minimum Gasteiger partial charge on any atom is -0.482 e. The number of ether oxygens (including phenoxy) is 1. The number of fused-ring (bicyclic) bond motifs is 3. The van der Waals surface area contributed by atoms with Gasteiger partial charge in [-0.15, -0.1) is 11.3 Å². The predicted molar refractivity (Wildman–Crippen MR) is 97.7 cm³/mol. The van der Waals surface area contributed by atoms with E-state index >= 15 is 0 Å². The maximum Gasteiger partial charge on any atom is 0.152 e. The largest absolute Gasteiger partial charge is 0.482 e. The summed E-state index contributed by atoms with van der Waals surface area (Å²) in [6.45, 7) is 4.88. The minimum absolute atomic E-state index is 0.100. The highest BCUT2D eigenvalue weighted by Gasteiger charge is 2.43. The molecule has 0 spiro atoms. The smallest absolute Gasteiger partial charge is 0.152 e. The number of hydrogen-bond acceptors (Lipinski definition) is 5. The SMILES string of the molecule is CC1(C)Oc2c(ccc3scnc23)C(NCC2CCCCC2)C1O. The second kappa shape index (κ2) is 6.28. The molecule has 130 valence electrons. The Bertz CT molecular complexity index is 721. The Morgan fingerprint density at radius 2 is 2.08 bits per heavy atom. The third-order valence-electron chi connectivity index (χ3n) is 5.57. The van der Waals surface area contributed by atoms with Crippen LogP contribution in [0, 0.1) is 5.92 Å². The van der Waals surface area contributed by atoms with E-state index in [1.54, 1.807) is 11.3 Å². The molecule has 2 aromatic rings. The van der Waals surface area contributed by atoms with Gasteiger partial charge in [-0.05, 0) is 45.2 Å². The van der Waals surface area contributed by atoms with Crippen molar-refractivity contribution in [2.75, 3.05) is 6.54 Å². The second-order valence-corrected chi connectivity index (χ2v) is 8.61. The van der Waals surface area contributed by atoms with E-state index in [0.717, 1.165) is 34.0 Å². The molecule has 0 bridgehead atoms. The van der Waals surface area contributed by atoms with E-state index in [0.29, 0.717) is 0 Å². The lowest BCUT2D eigenvalue weighted by Crippen LogP contribution is -2.53. The average Bonchev–Trinajstić information content (AvgIpc) is 3.05. The molecule has 1 aromatic carbocycles. The first-order chi connectivity index (χ1) is 11.6. The van der Waals surface area contributed by atoms with Crippen molar-refractivity contribution in [3.8, 4) is 5.75 Å². The minimum atomic E-state index is -0.630. The van der Waals surface area contributed by atoms with E-state index in [-0.39, 0.29) is 6.04 Å². The van der Waals surface area contributed by atoms with Crippen molar-refractivity contribution in [1.82, 2.24) is 10.3 Å². The molecule has 1 aromatic heterocycles. The fourth-order valence-electron chi connectivity index (χ4n) is 4.08. The van der Waals surface area contributed by atoms with Crippen molar-refractivity contribution in [1.29, 1.82) is 0 Å². The standard InChI is InChI=1S/C19H26N2O2S/c1-19(2)18(22)15(20-10-12-6-4-3-5-7-12)13-8-9-14-16(17(13)23-19)21-11-24-14/h8-9,11-12,15,18,20,22H,3-7,10H2,1-2H3. The Morgan fingerprint density at radius 3 is 2.88 bits per heavy atom. The number of hydrogen-bond donors (Lipinski definition) is 2. The van der Waals surface area contributed by atoms with Crippen molar-refractivity contribution in [2.45, 2.75) is 63.7 Å². The zero-order valence-corrected chi connectivity index (χ0v) is 15.2. The number of aromatic nitrogens is 1. The van der Waals surface area contributed by atoms with Gasteiger partial charge in [0, 0.05) is 5.56 Å². The van der Waals surface area contributed by atoms with Crippen LogP contribution in [0.15, 0.2) is 17.6 Å². The number of nitrogens with zero attached hydrogens (tertiary/aromatic N) is 1. The Kier molecular flexibility index (Phi) is 4.27. The number of rotatable bonds is 3. The van der Waals surface area contributed by atoms with E-state index in [9.17, 15) is 5.11 Å². The van der Waals surface area contributed by atoms with Gasteiger partial charge in [0.1, 0.15) is 17.2 Å². The number of thiazole rings is 1. The van der Waals surface area contributed by atoms with Crippen molar-refractivity contribution in [3.05, 3.63) is 23.2 Å². The van der Waals surface area contributed by atoms with Gasteiger partial charge >= 0.3 is 0 Å². The van der Waals surface area contributed by atoms with Crippen LogP contribution < -0.4 is 10.1 Å². The summed E-state index contributed by atoms with van der Waals surface area (Å²) in [5.41, 5.74) is 3.18. The fourth-order valence-corrected chi connectivity index (χ4v) is 4.75. The van der Waals surface area contributed by atoms with E-state index < -0.39 is 11.7 Å². The first kappa shape index (κ1) is 16.3. The molecule has 2 N–H and O–H groups in total. The first-order valence-corrected chi connectivity index (χ1v) is 9.91. The molecule has 1 aliphatic carbocycles. The molecule has 2 heterocycles. The maximum absolute atomic E-state index is 10.9. The molecule has 4 rings (SSSR count). The lowest BCUT2D eigenvalue weighted by molar-refractivity contribution is -0.0643. The fraction of sp³-hybridized carbons (Fsp3) is 0.632. The molecule has 5 heteroatoms. The summed E-state index contributed by atoms with van der Waals surface area (Å²) >= 11 is 1.62. The summed E-state index contributed by atoms with van der Waals surface area (Å²) in [4.78, 5) is 4.49. The highest BCUT2D eigenvalue weighted by Crippen LogP contribution is 2.44. The Hall–Kier alpha value is -1.17. The monoisotopic (exact) mass is 346 g/mol. The molecule has 1 saturated carbocycles. The summed E-state index contributed by atoms with van der Waals surface area (Å²) < 4.78 is 7.31. The number of benzene rings is 1. The van der Waals surface area contributed by atoms with Crippen LogP contribution in [0.3, 0.4) is 0 Å². The predicted octanol–water partition coefficient (Wildman–Crippen LogP) is 4.04. The Morgan fingerprint density at radius 1 is 1.29 bits per heavy atom. The van der Waals surface area contributed by atoms with Gasteiger partial charge < -0.3 is 15.2 Å². The average molecular weight is 346 g/mol. The van der Waals surface area contributed by atoms with Gasteiger partial charge in [0.05, 0.1) is 16.3 Å². The van der Waals surface area contributed by atoms with Gasteiger partial charge in [-0.3, -0.25) is 0 Å². The highest BCUT2D eigenvalue weighted by molar-refractivity contribution is 7.16. The number of aliphatic hydroxyl groups excluding tert-OH is 1. The van der Waals surface area contributed by atoms with Crippen molar-refractivity contribution in [3.63, 3.8) is 0 Å². The first-order valence-electron chi connectivity index (χ1n) is 9.03. The molecule has 0 saturated heterocycles. The van der Waals surface area contributed by atoms with Crippen LogP contribution in [-0.4, -0.2) is 28.3 Å². The molecule has 0 amide bonds. The van der Waals surface area contributed by atoms with Crippen LogP contribution in [0.25, 0.3) is 10.2 Å². The zero-order valence-electron chi connectivity index (χ0n) is 14.4. The zero-order chi connectivity index (χ0) is 16.7. The van der Waals surface area contributed by atoms with Gasteiger partial charge in [0.15, 0.2) is 5.75 Å². The number of nitrogens with one attached hydrogen (secondary N) is 1. The summed E-state index contributed by atoms with van der Waals surface area (Å²) in [5, 5.41) is 14.5. The van der Waals surface area contributed by atoms with Gasteiger partial charge in [-0.2, -0.15) is 0 Å². The maximum atomic E-state index is 10.9. The third kappa shape index (κ3) is 2.83. The van der Waals surface area contributed by atoms with Crippen LogP contribution in [0.2, 0.25) is 0 Å². The van der Waals surface area contributed by atoms with Crippen LogP contribution in [-0.2, 0) is 0 Å². The second-order valence-electron chi connectivity index (χ2n) is 7.72. The third-order valence-corrected chi connectivity index (χ3v) is 6.36. The summed E-state index contributed by atoms with van der Waals surface area (Å²) in [6, 6.07) is 4.08. The van der Waals surface area contributed by atoms with E-state index in [4.69, 9.17) is 4.74 Å².